The third-order valence-corrected chi connectivity index (χ3v) is 4.90. The van der Waals surface area contributed by atoms with E-state index in [1.165, 1.54) is 0 Å². The number of hydrogen-bond donors (Lipinski definition) is 0. The van der Waals surface area contributed by atoms with Crippen LogP contribution in [0.2, 0.25) is 0 Å². The normalized spacial score (nSPS) is 17.0. The van der Waals surface area contributed by atoms with Crippen LogP contribution in [0.25, 0.3) is 0 Å². The topological polar surface area (TPSA) is 50.1 Å². The molecule has 0 saturated carbocycles. The molecule has 2 aromatic rings. The Labute approximate surface area is 135 Å². The van der Waals surface area contributed by atoms with Crippen molar-refractivity contribution in [2.75, 3.05) is 37.6 Å². The van der Waals surface area contributed by atoms with Gasteiger partial charge in [-0.2, -0.15) is 13.2 Å². The maximum absolute atomic E-state index is 12.6. The third-order valence-electron chi connectivity index (χ3n) is 3.87. The fraction of sp³-hybridized carbons (Fsp3) is 0.615. The van der Waals surface area contributed by atoms with Gasteiger partial charge in [0.05, 0.1) is 0 Å². The van der Waals surface area contributed by atoms with Gasteiger partial charge in [0.2, 0.25) is 10.1 Å². The summed E-state index contributed by atoms with van der Waals surface area (Å²) in [6, 6.07) is 0. The van der Waals surface area contributed by atoms with E-state index in [2.05, 4.69) is 20.1 Å². The number of imidazole rings is 1. The summed E-state index contributed by atoms with van der Waals surface area (Å²) in [6.07, 6.45) is 0.141. The third kappa shape index (κ3) is 3.81. The quantitative estimate of drug-likeness (QED) is 0.843. The van der Waals surface area contributed by atoms with Gasteiger partial charge in [0.1, 0.15) is 5.82 Å². The van der Waals surface area contributed by atoms with Crippen LogP contribution in [0.5, 0.6) is 0 Å². The average molecular weight is 346 g/mol. The molecule has 10 heteroatoms. The lowest BCUT2D eigenvalue weighted by atomic mass is 10.3. The molecule has 1 fully saturated rings. The number of piperazine rings is 1. The van der Waals surface area contributed by atoms with Crippen molar-refractivity contribution in [3.63, 3.8) is 0 Å². The number of rotatable bonds is 4. The molecule has 126 valence electrons. The Bertz CT molecular complexity index is 644. The van der Waals surface area contributed by atoms with E-state index in [1.54, 1.807) is 6.20 Å². The van der Waals surface area contributed by atoms with Crippen LogP contribution in [0.1, 0.15) is 10.8 Å². The van der Waals surface area contributed by atoms with Crippen molar-refractivity contribution < 1.29 is 13.2 Å². The van der Waals surface area contributed by atoms with Gasteiger partial charge in [-0.25, -0.2) is 4.98 Å². The molecule has 3 heterocycles. The molecule has 6 nitrogen and oxygen atoms in total. The molecule has 0 aliphatic carbocycles. The number of alkyl halides is 3. The molecule has 0 bridgehead atoms. The maximum atomic E-state index is 12.6. The zero-order valence-corrected chi connectivity index (χ0v) is 13.4. The summed E-state index contributed by atoms with van der Waals surface area (Å²) >= 11 is 0.608. The highest BCUT2D eigenvalue weighted by Gasteiger charge is 2.36. The van der Waals surface area contributed by atoms with Crippen LogP contribution in [0.3, 0.4) is 0 Å². The molecule has 0 aromatic carbocycles. The SMILES string of the molecule is Cn1ccnc1CCN1CCN(c2nnc(C(F)(F)F)s2)CC1. The monoisotopic (exact) mass is 346 g/mol. The lowest BCUT2D eigenvalue weighted by Crippen LogP contribution is -2.47. The summed E-state index contributed by atoms with van der Waals surface area (Å²) < 4.78 is 39.7. The van der Waals surface area contributed by atoms with E-state index in [0.29, 0.717) is 29.6 Å². The first-order valence-corrected chi connectivity index (χ1v) is 8.09. The second-order valence-electron chi connectivity index (χ2n) is 5.42. The first-order valence-electron chi connectivity index (χ1n) is 7.27. The van der Waals surface area contributed by atoms with Gasteiger partial charge in [0.25, 0.3) is 0 Å². The number of aromatic nitrogens is 4. The van der Waals surface area contributed by atoms with E-state index in [0.717, 1.165) is 31.9 Å². The molecule has 0 unspecified atom stereocenters. The number of nitrogens with zero attached hydrogens (tertiary/aromatic N) is 6. The van der Waals surface area contributed by atoms with Crippen LogP contribution < -0.4 is 4.90 Å². The van der Waals surface area contributed by atoms with Crippen LogP contribution in [-0.4, -0.2) is 57.4 Å². The van der Waals surface area contributed by atoms with Crippen molar-refractivity contribution in [1.82, 2.24) is 24.6 Å². The molecule has 0 atom stereocenters. The van der Waals surface area contributed by atoms with Crippen molar-refractivity contribution in [1.29, 1.82) is 0 Å². The van der Waals surface area contributed by atoms with Gasteiger partial charge in [0, 0.05) is 58.6 Å². The second-order valence-corrected chi connectivity index (χ2v) is 6.38. The molecule has 1 aliphatic rings. The maximum Gasteiger partial charge on any atom is 0.445 e. The Hall–Kier alpha value is -1.68. The summed E-state index contributed by atoms with van der Waals surface area (Å²) in [7, 11) is 1.97. The summed E-state index contributed by atoms with van der Waals surface area (Å²) in [5.74, 6) is 1.03. The summed E-state index contributed by atoms with van der Waals surface area (Å²) in [6.45, 7) is 3.80. The van der Waals surface area contributed by atoms with Crippen molar-refractivity contribution in [2.45, 2.75) is 12.6 Å². The van der Waals surface area contributed by atoms with E-state index in [9.17, 15) is 13.2 Å². The molecule has 3 rings (SSSR count). The number of aryl methyl sites for hydroxylation is 1. The summed E-state index contributed by atoms with van der Waals surface area (Å²) in [5, 5.41) is 6.37. The Kier molecular flexibility index (Phi) is 4.53. The lowest BCUT2D eigenvalue weighted by molar-refractivity contribution is -0.138. The molecule has 0 spiro atoms. The van der Waals surface area contributed by atoms with Crippen molar-refractivity contribution in [3.8, 4) is 0 Å². The van der Waals surface area contributed by atoms with Gasteiger partial charge >= 0.3 is 6.18 Å². The molecule has 0 N–H and O–H groups in total. The molecule has 23 heavy (non-hydrogen) atoms. The highest BCUT2D eigenvalue weighted by molar-refractivity contribution is 7.15. The fourth-order valence-electron chi connectivity index (χ4n) is 2.52. The minimum Gasteiger partial charge on any atom is -0.344 e. The van der Waals surface area contributed by atoms with Crippen molar-refractivity contribution in [3.05, 3.63) is 23.2 Å². The Balaban J connectivity index is 1.50. The Morgan fingerprint density at radius 1 is 1.17 bits per heavy atom. The minimum atomic E-state index is -4.42. The summed E-state index contributed by atoms with van der Waals surface area (Å²) in [4.78, 5) is 8.45. The largest absolute Gasteiger partial charge is 0.445 e. The highest BCUT2D eigenvalue weighted by Crippen LogP contribution is 2.34. The molecule has 0 radical (unpaired) electrons. The first kappa shape index (κ1) is 16.2. The van der Waals surface area contributed by atoms with Gasteiger partial charge in [-0.1, -0.05) is 11.3 Å². The van der Waals surface area contributed by atoms with Gasteiger partial charge in [-0.05, 0) is 0 Å². The number of anilines is 1. The Morgan fingerprint density at radius 2 is 1.91 bits per heavy atom. The van der Waals surface area contributed by atoms with Gasteiger partial charge < -0.3 is 9.47 Å². The standard InChI is InChI=1S/C13H17F3N6S/c1-20-5-3-17-10(20)2-4-21-6-8-22(9-7-21)12-19-18-11(23-12)13(14,15)16/h3,5H,2,4,6-9H2,1H3. The molecular weight excluding hydrogens is 329 g/mol. The second kappa shape index (κ2) is 6.44. The summed E-state index contributed by atoms with van der Waals surface area (Å²) in [5.41, 5.74) is 0. The average Bonchev–Trinajstić information content (AvgIpc) is 3.14. The van der Waals surface area contributed by atoms with E-state index in [4.69, 9.17) is 0 Å². The Morgan fingerprint density at radius 3 is 2.48 bits per heavy atom. The molecule has 2 aromatic heterocycles. The highest BCUT2D eigenvalue weighted by atomic mass is 32.1. The van der Waals surface area contributed by atoms with Crippen LogP contribution in [0, 0.1) is 0 Å². The van der Waals surface area contributed by atoms with E-state index in [-0.39, 0.29) is 0 Å². The number of hydrogen-bond acceptors (Lipinski definition) is 6. The zero-order chi connectivity index (χ0) is 16.4. The molecule has 1 aliphatic heterocycles. The minimum absolute atomic E-state index is 0.348. The van der Waals surface area contributed by atoms with Crippen molar-refractivity contribution >= 4 is 16.5 Å². The van der Waals surface area contributed by atoms with Crippen LogP contribution in [0.15, 0.2) is 12.4 Å². The number of halogens is 3. The van der Waals surface area contributed by atoms with Crippen LogP contribution >= 0.6 is 11.3 Å². The van der Waals surface area contributed by atoms with E-state index in [1.807, 2.05) is 22.7 Å². The van der Waals surface area contributed by atoms with Gasteiger partial charge in [0.15, 0.2) is 0 Å². The first-order chi connectivity index (χ1) is 10.9. The molecule has 0 amide bonds. The zero-order valence-electron chi connectivity index (χ0n) is 12.6. The van der Waals surface area contributed by atoms with Crippen LogP contribution in [0.4, 0.5) is 18.3 Å². The predicted octanol–water partition coefficient (Wildman–Crippen LogP) is 1.66. The fourth-order valence-corrected chi connectivity index (χ4v) is 3.28. The smallest absolute Gasteiger partial charge is 0.344 e. The lowest BCUT2D eigenvalue weighted by Gasteiger charge is -2.34. The van der Waals surface area contributed by atoms with E-state index >= 15 is 0 Å². The predicted molar refractivity (Wildman–Crippen MR) is 80.5 cm³/mol. The van der Waals surface area contributed by atoms with Gasteiger partial charge in [-0.3, -0.25) is 4.90 Å². The van der Waals surface area contributed by atoms with Gasteiger partial charge in [-0.15, -0.1) is 10.2 Å². The molecular formula is C13H17F3N6S. The van der Waals surface area contributed by atoms with Crippen LogP contribution in [-0.2, 0) is 19.6 Å². The molecule has 1 saturated heterocycles. The van der Waals surface area contributed by atoms with Crippen molar-refractivity contribution in [2.24, 2.45) is 7.05 Å². The van der Waals surface area contributed by atoms with E-state index < -0.39 is 11.2 Å².